The highest BCUT2D eigenvalue weighted by Gasteiger charge is 2.17. The van der Waals surface area contributed by atoms with Gasteiger partial charge in [0.2, 0.25) is 0 Å². The van der Waals surface area contributed by atoms with Crippen LogP contribution in [0, 0.1) is 0 Å². The number of hydrogen-bond acceptors (Lipinski definition) is 3. The molecule has 0 fully saturated rings. The Hall–Kier alpha value is -1.39. The lowest BCUT2D eigenvalue weighted by Gasteiger charge is -2.04. The van der Waals surface area contributed by atoms with Crippen LogP contribution in [0.2, 0.25) is 0 Å². The molecular formula is C10H17N3O2. The number of aromatic carboxylic acids is 1. The predicted octanol–water partition coefficient (Wildman–Crippen LogP) is 1.73. The summed E-state index contributed by atoms with van der Waals surface area (Å²) in [5.41, 5.74) is 0.864. The van der Waals surface area contributed by atoms with Crippen molar-refractivity contribution in [3.05, 3.63) is 11.4 Å². The first-order chi connectivity index (χ1) is 7.20. The smallest absolute Gasteiger partial charge is 0.358 e. The van der Waals surface area contributed by atoms with Crippen LogP contribution in [0.4, 0.5) is 0 Å². The topological polar surface area (TPSA) is 68.0 Å². The van der Waals surface area contributed by atoms with Crippen LogP contribution >= 0.6 is 0 Å². The lowest BCUT2D eigenvalue weighted by atomic mass is 10.1. The van der Waals surface area contributed by atoms with Gasteiger partial charge in [0.25, 0.3) is 0 Å². The Labute approximate surface area is 89.1 Å². The van der Waals surface area contributed by atoms with Gasteiger partial charge in [-0.2, -0.15) is 0 Å². The zero-order valence-electron chi connectivity index (χ0n) is 9.23. The number of carboxylic acids is 1. The molecular weight excluding hydrogens is 194 g/mol. The highest BCUT2D eigenvalue weighted by atomic mass is 16.4. The third-order valence-corrected chi connectivity index (χ3v) is 2.24. The number of aromatic nitrogens is 3. The maximum Gasteiger partial charge on any atom is 0.358 e. The van der Waals surface area contributed by atoms with Crippen molar-refractivity contribution in [2.24, 2.45) is 0 Å². The van der Waals surface area contributed by atoms with Crippen molar-refractivity contribution in [2.45, 2.75) is 46.1 Å². The molecule has 0 aliphatic heterocycles. The Balaban J connectivity index is 2.91. The molecule has 84 valence electrons. The van der Waals surface area contributed by atoms with E-state index in [0.717, 1.165) is 37.9 Å². The monoisotopic (exact) mass is 211 g/mol. The minimum Gasteiger partial charge on any atom is -0.476 e. The van der Waals surface area contributed by atoms with Gasteiger partial charge >= 0.3 is 5.97 Å². The van der Waals surface area contributed by atoms with E-state index in [1.54, 1.807) is 4.68 Å². The molecule has 0 saturated heterocycles. The van der Waals surface area contributed by atoms with Crippen LogP contribution in [0.25, 0.3) is 0 Å². The molecule has 0 unspecified atom stereocenters. The number of carboxylic acid groups (broad SMARTS) is 1. The van der Waals surface area contributed by atoms with Crippen LogP contribution < -0.4 is 0 Å². The number of unbranched alkanes of at least 4 members (excludes halogenated alkanes) is 1. The molecule has 1 aromatic heterocycles. The molecule has 15 heavy (non-hydrogen) atoms. The largest absolute Gasteiger partial charge is 0.476 e. The van der Waals surface area contributed by atoms with E-state index in [9.17, 15) is 4.79 Å². The molecule has 1 N–H and O–H groups in total. The normalized spacial score (nSPS) is 10.5. The summed E-state index contributed by atoms with van der Waals surface area (Å²) in [5, 5.41) is 16.5. The average molecular weight is 211 g/mol. The summed E-state index contributed by atoms with van der Waals surface area (Å²) in [5.74, 6) is -0.983. The summed E-state index contributed by atoms with van der Waals surface area (Å²) in [6.07, 6.45) is 3.68. The maximum absolute atomic E-state index is 10.9. The Morgan fingerprint density at radius 3 is 2.67 bits per heavy atom. The highest BCUT2D eigenvalue weighted by molar-refractivity contribution is 5.86. The van der Waals surface area contributed by atoms with Gasteiger partial charge in [0.1, 0.15) is 0 Å². The van der Waals surface area contributed by atoms with Crippen molar-refractivity contribution < 1.29 is 9.90 Å². The summed E-state index contributed by atoms with van der Waals surface area (Å²) in [7, 11) is 0. The van der Waals surface area contributed by atoms with Crippen molar-refractivity contribution >= 4 is 5.97 Å². The lowest BCUT2D eigenvalue weighted by Crippen LogP contribution is -2.08. The van der Waals surface area contributed by atoms with Gasteiger partial charge in [-0.15, -0.1) is 5.10 Å². The fourth-order valence-corrected chi connectivity index (χ4v) is 1.48. The van der Waals surface area contributed by atoms with Crippen LogP contribution in [0.15, 0.2) is 0 Å². The number of rotatable bonds is 6. The molecule has 0 aliphatic carbocycles. The third-order valence-electron chi connectivity index (χ3n) is 2.24. The number of hydrogen-bond donors (Lipinski definition) is 1. The molecule has 0 amide bonds. The summed E-state index contributed by atoms with van der Waals surface area (Å²) in [4.78, 5) is 10.9. The van der Waals surface area contributed by atoms with Crippen LogP contribution in [-0.2, 0) is 13.0 Å². The standard InChI is InChI=1S/C10H17N3O2/c1-3-5-6-8-9(10(14)15)11-12-13(8)7-4-2/h3-7H2,1-2H3,(H,14,15). The number of nitrogens with zero attached hydrogens (tertiary/aromatic N) is 3. The minimum atomic E-state index is -0.983. The van der Waals surface area contributed by atoms with E-state index in [0.29, 0.717) is 0 Å². The predicted molar refractivity (Wildman–Crippen MR) is 55.9 cm³/mol. The quantitative estimate of drug-likeness (QED) is 0.778. The Kier molecular flexibility index (Phi) is 4.27. The molecule has 0 saturated carbocycles. The average Bonchev–Trinajstić information content (AvgIpc) is 2.59. The number of aryl methyl sites for hydroxylation is 1. The van der Waals surface area contributed by atoms with Crippen LogP contribution in [0.1, 0.15) is 49.3 Å². The minimum absolute atomic E-state index is 0.108. The van der Waals surface area contributed by atoms with Crippen molar-refractivity contribution in [3.8, 4) is 0 Å². The van der Waals surface area contributed by atoms with Gasteiger partial charge in [0.15, 0.2) is 5.69 Å². The molecule has 0 radical (unpaired) electrons. The van der Waals surface area contributed by atoms with Gasteiger partial charge in [-0.3, -0.25) is 0 Å². The van der Waals surface area contributed by atoms with Gasteiger partial charge in [-0.05, 0) is 19.3 Å². The second-order valence-corrected chi connectivity index (χ2v) is 3.52. The Bertz CT molecular complexity index is 333. The van der Waals surface area contributed by atoms with Gasteiger partial charge in [-0.25, -0.2) is 9.48 Å². The van der Waals surface area contributed by atoms with Crippen molar-refractivity contribution in [3.63, 3.8) is 0 Å². The molecule has 0 spiro atoms. The summed E-state index contributed by atoms with van der Waals surface area (Å²) >= 11 is 0. The van der Waals surface area contributed by atoms with Crippen LogP contribution in [-0.4, -0.2) is 26.1 Å². The summed E-state index contributed by atoms with van der Waals surface area (Å²) in [6, 6.07) is 0. The first-order valence-corrected chi connectivity index (χ1v) is 5.36. The zero-order valence-corrected chi connectivity index (χ0v) is 9.23. The van der Waals surface area contributed by atoms with Crippen molar-refractivity contribution in [2.75, 3.05) is 0 Å². The Morgan fingerprint density at radius 1 is 1.40 bits per heavy atom. The summed E-state index contributed by atoms with van der Waals surface area (Å²) in [6.45, 7) is 4.85. The molecule has 0 aliphatic rings. The maximum atomic E-state index is 10.9. The van der Waals surface area contributed by atoms with Crippen LogP contribution in [0.3, 0.4) is 0 Å². The molecule has 0 bridgehead atoms. The lowest BCUT2D eigenvalue weighted by molar-refractivity contribution is 0.0689. The highest BCUT2D eigenvalue weighted by Crippen LogP contribution is 2.10. The first kappa shape index (κ1) is 11.7. The van der Waals surface area contributed by atoms with E-state index in [1.165, 1.54) is 0 Å². The first-order valence-electron chi connectivity index (χ1n) is 5.36. The molecule has 5 nitrogen and oxygen atoms in total. The van der Waals surface area contributed by atoms with E-state index in [-0.39, 0.29) is 5.69 Å². The zero-order chi connectivity index (χ0) is 11.3. The summed E-state index contributed by atoms with van der Waals surface area (Å²) < 4.78 is 1.71. The third kappa shape index (κ3) is 2.78. The van der Waals surface area contributed by atoms with E-state index < -0.39 is 5.97 Å². The molecule has 0 atom stereocenters. The van der Waals surface area contributed by atoms with Gasteiger partial charge in [0, 0.05) is 6.54 Å². The second kappa shape index (κ2) is 5.48. The van der Waals surface area contributed by atoms with E-state index in [1.807, 2.05) is 6.92 Å². The molecule has 1 aromatic rings. The fraction of sp³-hybridized carbons (Fsp3) is 0.700. The van der Waals surface area contributed by atoms with E-state index in [4.69, 9.17) is 5.11 Å². The fourth-order valence-electron chi connectivity index (χ4n) is 1.48. The molecule has 0 aromatic carbocycles. The Morgan fingerprint density at radius 2 is 2.13 bits per heavy atom. The van der Waals surface area contributed by atoms with Gasteiger partial charge < -0.3 is 5.11 Å². The van der Waals surface area contributed by atoms with Crippen molar-refractivity contribution in [1.82, 2.24) is 15.0 Å². The number of carbonyl (C=O) groups is 1. The van der Waals surface area contributed by atoms with E-state index >= 15 is 0 Å². The molecule has 1 heterocycles. The van der Waals surface area contributed by atoms with Gasteiger partial charge in [0.05, 0.1) is 5.69 Å². The van der Waals surface area contributed by atoms with Crippen LogP contribution in [0.5, 0.6) is 0 Å². The second-order valence-electron chi connectivity index (χ2n) is 3.52. The molecule has 1 rings (SSSR count). The SMILES string of the molecule is CCCCc1c(C(=O)O)nnn1CCC. The van der Waals surface area contributed by atoms with Gasteiger partial charge in [-0.1, -0.05) is 25.5 Å². The van der Waals surface area contributed by atoms with E-state index in [2.05, 4.69) is 17.2 Å². The molecule has 5 heteroatoms. The van der Waals surface area contributed by atoms with Crippen molar-refractivity contribution in [1.29, 1.82) is 0 Å².